The van der Waals surface area contributed by atoms with Crippen molar-refractivity contribution in [1.29, 1.82) is 0 Å². The number of hydrogen-bond acceptors (Lipinski definition) is 6. The predicted octanol–water partition coefficient (Wildman–Crippen LogP) is 1.91. The molecule has 2 heterocycles. The van der Waals surface area contributed by atoms with Gasteiger partial charge in [0.2, 0.25) is 5.95 Å². The van der Waals surface area contributed by atoms with Crippen LogP contribution in [0, 0.1) is 0 Å². The summed E-state index contributed by atoms with van der Waals surface area (Å²) >= 11 is 0. The number of nitrogens with two attached hydrogens (primary N) is 1. The minimum absolute atomic E-state index is 0.0256. The van der Waals surface area contributed by atoms with Crippen LogP contribution in [-0.2, 0) is 6.18 Å². The van der Waals surface area contributed by atoms with Gasteiger partial charge < -0.3 is 11.1 Å². The van der Waals surface area contributed by atoms with E-state index in [1.165, 1.54) is 12.1 Å². The number of halogens is 3. The predicted molar refractivity (Wildman–Crippen MR) is 80.8 cm³/mol. The van der Waals surface area contributed by atoms with Crippen LogP contribution in [0.2, 0.25) is 0 Å². The van der Waals surface area contributed by atoms with Crippen LogP contribution in [0.1, 0.15) is 16.3 Å². The molecule has 0 aliphatic carbocycles. The third kappa shape index (κ3) is 3.54. The van der Waals surface area contributed by atoms with Gasteiger partial charge in [0, 0.05) is 5.69 Å². The molecule has 3 N–H and O–H groups in total. The maximum Gasteiger partial charge on any atom is 0.453 e. The summed E-state index contributed by atoms with van der Waals surface area (Å²) in [6.07, 6.45) is -4.73. The van der Waals surface area contributed by atoms with Crippen molar-refractivity contribution in [3.05, 3.63) is 54.0 Å². The molecular formula is C14H10F3N7O. The van der Waals surface area contributed by atoms with Gasteiger partial charge in [-0.05, 0) is 24.3 Å². The topological polar surface area (TPSA) is 112 Å². The fourth-order valence-electron chi connectivity index (χ4n) is 1.89. The number of para-hydroxylation sites is 1. The number of benzene rings is 1. The summed E-state index contributed by atoms with van der Waals surface area (Å²) in [6, 6.07) is 11.2. The van der Waals surface area contributed by atoms with Crippen molar-refractivity contribution in [3.8, 4) is 5.82 Å². The SMILES string of the molecule is Nc1nc(C(F)(F)F)nn1-c1ccc(C(=O)Nc2ccccc2)nn1. The summed E-state index contributed by atoms with van der Waals surface area (Å²) in [4.78, 5) is 15.2. The number of nitrogens with zero attached hydrogens (tertiary/aromatic N) is 5. The number of amides is 1. The van der Waals surface area contributed by atoms with E-state index in [0.29, 0.717) is 10.4 Å². The minimum Gasteiger partial charge on any atom is -0.368 e. The van der Waals surface area contributed by atoms with E-state index in [2.05, 4.69) is 25.6 Å². The molecule has 1 aromatic carbocycles. The van der Waals surface area contributed by atoms with E-state index in [9.17, 15) is 18.0 Å². The Morgan fingerprint density at radius 1 is 1.08 bits per heavy atom. The van der Waals surface area contributed by atoms with Crippen molar-refractivity contribution in [1.82, 2.24) is 25.0 Å². The maximum absolute atomic E-state index is 12.6. The lowest BCUT2D eigenvalue weighted by Gasteiger charge is -2.05. The van der Waals surface area contributed by atoms with Gasteiger partial charge in [0.1, 0.15) is 0 Å². The first-order valence-electron chi connectivity index (χ1n) is 6.85. The van der Waals surface area contributed by atoms with Gasteiger partial charge in [-0.2, -0.15) is 22.8 Å². The molecule has 0 radical (unpaired) electrons. The molecule has 0 saturated heterocycles. The zero-order valence-corrected chi connectivity index (χ0v) is 12.4. The van der Waals surface area contributed by atoms with Crippen molar-refractivity contribution in [2.24, 2.45) is 0 Å². The van der Waals surface area contributed by atoms with E-state index in [4.69, 9.17) is 5.73 Å². The monoisotopic (exact) mass is 349 g/mol. The van der Waals surface area contributed by atoms with Crippen molar-refractivity contribution in [2.45, 2.75) is 6.18 Å². The molecule has 0 spiro atoms. The highest BCUT2D eigenvalue weighted by atomic mass is 19.4. The van der Waals surface area contributed by atoms with Crippen LogP contribution in [0.3, 0.4) is 0 Å². The second-order valence-electron chi connectivity index (χ2n) is 4.80. The highest BCUT2D eigenvalue weighted by Gasteiger charge is 2.37. The Kier molecular flexibility index (Phi) is 4.05. The van der Waals surface area contributed by atoms with E-state index in [0.717, 1.165) is 0 Å². The summed E-state index contributed by atoms with van der Waals surface area (Å²) in [7, 11) is 0. The first-order valence-corrected chi connectivity index (χ1v) is 6.85. The first-order chi connectivity index (χ1) is 11.8. The molecule has 1 amide bonds. The molecule has 11 heteroatoms. The van der Waals surface area contributed by atoms with Crippen molar-refractivity contribution in [2.75, 3.05) is 11.1 Å². The Morgan fingerprint density at radius 3 is 2.36 bits per heavy atom. The Morgan fingerprint density at radius 2 is 1.80 bits per heavy atom. The van der Waals surface area contributed by atoms with Gasteiger partial charge in [0.15, 0.2) is 11.5 Å². The van der Waals surface area contributed by atoms with Gasteiger partial charge >= 0.3 is 6.18 Å². The average molecular weight is 349 g/mol. The van der Waals surface area contributed by atoms with Crippen LogP contribution in [0.4, 0.5) is 24.8 Å². The molecule has 0 bridgehead atoms. The number of alkyl halides is 3. The number of aromatic nitrogens is 5. The molecule has 0 aliphatic heterocycles. The minimum atomic E-state index is -4.73. The van der Waals surface area contributed by atoms with E-state index in [1.807, 2.05) is 0 Å². The third-order valence-corrected chi connectivity index (χ3v) is 3.02. The lowest BCUT2D eigenvalue weighted by molar-refractivity contribution is -0.144. The van der Waals surface area contributed by atoms with E-state index in [1.54, 1.807) is 30.3 Å². The van der Waals surface area contributed by atoms with Crippen molar-refractivity contribution < 1.29 is 18.0 Å². The summed E-state index contributed by atoms with van der Waals surface area (Å²) in [6.45, 7) is 0. The summed E-state index contributed by atoms with van der Waals surface area (Å²) in [5.74, 6) is -2.51. The van der Waals surface area contributed by atoms with Gasteiger partial charge in [-0.25, -0.2) is 0 Å². The molecule has 0 atom stereocenters. The maximum atomic E-state index is 12.6. The van der Waals surface area contributed by atoms with Gasteiger partial charge in [0.05, 0.1) is 0 Å². The highest BCUT2D eigenvalue weighted by Crippen LogP contribution is 2.27. The standard InChI is InChI=1S/C14H10F3N7O/c15-14(16,17)12-20-13(18)24(23-12)10-7-6-9(21-22-10)11(25)19-8-4-2-1-3-5-8/h1-7H,(H,19,25)(H2,18,20,23). The van der Waals surface area contributed by atoms with E-state index in [-0.39, 0.29) is 11.5 Å². The zero-order chi connectivity index (χ0) is 18.0. The fourth-order valence-corrected chi connectivity index (χ4v) is 1.89. The molecule has 0 aliphatic rings. The van der Waals surface area contributed by atoms with Crippen LogP contribution in [0.15, 0.2) is 42.5 Å². The van der Waals surface area contributed by atoms with Gasteiger partial charge in [-0.1, -0.05) is 18.2 Å². The molecule has 3 aromatic rings. The number of anilines is 2. The molecular weight excluding hydrogens is 339 g/mol. The third-order valence-electron chi connectivity index (χ3n) is 3.02. The molecule has 0 fully saturated rings. The molecule has 0 unspecified atom stereocenters. The lowest BCUT2D eigenvalue weighted by Crippen LogP contribution is -2.15. The number of nitrogen functional groups attached to an aromatic ring is 1. The second kappa shape index (κ2) is 6.19. The van der Waals surface area contributed by atoms with Crippen LogP contribution < -0.4 is 11.1 Å². The molecule has 8 nitrogen and oxygen atoms in total. The number of carbonyl (C=O) groups is 1. The summed E-state index contributed by atoms with van der Waals surface area (Å²) < 4.78 is 38.5. The summed E-state index contributed by atoms with van der Waals surface area (Å²) in [5.41, 5.74) is 5.95. The largest absolute Gasteiger partial charge is 0.453 e. The number of rotatable bonds is 3. The van der Waals surface area contributed by atoms with E-state index < -0.39 is 23.9 Å². The van der Waals surface area contributed by atoms with Gasteiger partial charge in [-0.15, -0.1) is 15.3 Å². The first kappa shape index (κ1) is 16.4. The normalized spacial score (nSPS) is 11.3. The van der Waals surface area contributed by atoms with Gasteiger partial charge in [0.25, 0.3) is 11.7 Å². The zero-order valence-electron chi connectivity index (χ0n) is 12.4. The van der Waals surface area contributed by atoms with Crippen molar-refractivity contribution >= 4 is 17.5 Å². The number of carbonyl (C=O) groups excluding carboxylic acids is 1. The fraction of sp³-hybridized carbons (Fsp3) is 0.0714. The Bertz CT molecular complexity index is 891. The highest BCUT2D eigenvalue weighted by molar-refractivity contribution is 6.02. The number of hydrogen-bond donors (Lipinski definition) is 2. The van der Waals surface area contributed by atoms with Crippen molar-refractivity contribution in [3.63, 3.8) is 0 Å². The Labute approximate surface area is 138 Å². The van der Waals surface area contributed by atoms with Crippen LogP contribution in [-0.4, -0.2) is 30.9 Å². The molecule has 2 aromatic heterocycles. The molecule has 25 heavy (non-hydrogen) atoms. The van der Waals surface area contributed by atoms with Gasteiger partial charge in [-0.3, -0.25) is 4.79 Å². The van der Waals surface area contributed by atoms with Crippen LogP contribution >= 0.6 is 0 Å². The number of nitrogens with one attached hydrogen (secondary N) is 1. The lowest BCUT2D eigenvalue weighted by atomic mass is 10.3. The summed E-state index contributed by atoms with van der Waals surface area (Å²) in [5, 5.41) is 13.2. The Hall–Kier alpha value is -3.50. The smallest absolute Gasteiger partial charge is 0.368 e. The quantitative estimate of drug-likeness (QED) is 0.747. The Balaban J connectivity index is 1.81. The second-order valence-corrected chi connectivity index (χ2v) is 4.80. The average Bonchev–Trinajstić information content (AvgIpc) is 2.98. The molecule has 0 saturated carbocycles. The van der Waals surface area contributed by atoms with Crippen LogP contribution in [0.5, 0.6) is 0 Å². The molecule has 3 rings (SSSR count). The van der Waals surface area contributed by atoms with E-state index >= 15 is 0 Å². The molecule has 128 valence electrons. The van der Waals surface area contributed by atoms with Crippen LogP contribution in [0.25, 0.3) is 5.82 Å².